The standard InChI is InChI=1S/C29H27ClN4O/c1-3-34(4-2)18-19-7-11-23(12-8-19)32-28(21-9-14-25-20(16-21)6-5-15-31-25)27-24-13-10-22(30)17-26(24)33-29(27)35/h5-17,33,35H,3-4,18H2,1-2H3. The fourth-order valence-electron chi connectivity index (χ4n) is 4.39. The topological polar surface area (TPSA) is 64.5 Å². The Balaban J connectivity index is 1.64. The zero-order valence-corrected chi connectivity index (χ0v) is 20.5. The van der Waals surface area contributed by atoms with Gasteiger partial charge in [-0.3, -0.25) is 9.88 Å². The number of aliphatic imine (C=N–C) groups is 1. The summed E-state index contributed by atoms with van der Waals surface area (Å²) in [5.74, 6) is 0.0606. The Bertz CT molecular complexity index is 1520. The highest BCUT2D eigenvalue weighted by Gasteiger charge is 2.19. The van der Waals surface area contributed by atoms with E-state index in [1.54, 1.807) is 6.20 Å². The molecule has 6 heteroatoms. The molecule has 0 saturated carbocycles. The number of aromatic hydroxyl groups is 1. The van der Waals surface area contributed by atoms with E-state index in [-0.39, 0.29) is 5.88 Å². The summed E-state index contributed by atoms with van der Waals surface area (Å²) in [6.45, 7) is 7.29. The van der Waals surface area contributed by atoms with Crippen LogP contribution in [-0.2, 0) is 6.54 Å². The van der Waals surface area contributed by atoms with Gasteiger partial charge in [-0.15, -0.1) is 0 Å². The van der Waals surface area contributed by atoms with Gasteiger partial charge in [-0.1, -0.05) is 55.8 Å². The van der Waals surface area contributed by atoms with Crippen LogP contribution < -0.4 is 0 Å². The van der Waals surface area contributed by atoms with Gasteiger partial charge in [0.1, 0.15) is 0 Å². The molecule has 2 N–H and O–H groups in total. The number of H-pyrrole nitrogens is 1. The molecule has 0 saturated heterocycles. The Labute approximate surface area is 209 Å². The quantitative estimate of drug-likeness (QED) is 0.243. The number of rotatable bonds is 7. The zero-order valence-electron chi connectivity index (χ0n) is 19.8. The minimum Gasteiger partial charge on any atom is -0.494 e. The summed E-state index contributed by atoms with van der Waals surface area (Å²) in [5, 5.41) is 13.4. The van der Waals surface area contributed by atoms with Crippen molar-refractivity contribution in [1.29, 1.82) is 0 Å². The van der Waals surface area contributed by atoms with Crippen molar-refractivity contribution in [2.24, 2.45) is 4.99 Å². The maximum absolute atomic E-state index is 10.9. The maximum atomic E-state index is 10.9. The van der Waals surface area contributed by atoms with Gasteiger partial charge >= 0.3 is 0 Å². The molecular weight excluding hydrogens is 456 g/mol. The number of aromatic nitrogens is 2. The van der Waals surface area contributed by atoms with Crippen LogP contribution in [0.25, 0.3) is 21.8 Å². The first-order valence-corrected chi connectivity index (χ1v) is 12.2. The SMILES string of the molecule is CCN(CC)Cc1ccc(N=C(c2ccc3ncccc3c2)c2c(O)[nH]c3cc(Cl)ccc23)cc1. The molecule has 5 rings (SSSR count). The molecule has 0 aliphatic heterocycles. The van der Waals surface area contributed by atoms with E-state index >= 15 is 0 Å². The Morgan fingerprint density at radius 2 is 1.80 bits per heavy atom. The molecule has 0 radical (unpaired) electrons. The summed E-state index contributed by atoms with van der Waals surface area (Å²) in [6, 6.07) is 23.8. The smallest absolute Gasteiger partial charge is 0.199 e. The molecule has 0 spiro atoms. The van der Waals surface area contributed by atoms with Crippen LogP contribution in [-0.4, -0.2) is 38.8 Å². The molecule has 0 fully saturated rings. The van der Waals surface area contributed by atoms with Gasteiger partial charge in [0.15, 0.2) is 5.88 Å². The molecule has 0 amide bonds. The molecule has 3 aromatic carbocycles. The van der Waals surface area contributed by atoms with E-state index in [1.807, 2.05) is 54.6 Å². The molecule has 0 bridgehead atoms. The molecule has 0 aliphatic carbocycles. The number of fused-ring (bicyclic) bond motifs is 2. The lowest BCUT2D eigenvalue weighted by molar-refractivity contribution is 0.296. The van der Waals surface area contributed by atoms with Crippen LogP contribution in [0.1, 0.15) is 30.5 Å². The zero-order chi connectivity index (χ0) is 24.4. The fraction of sp³-hybridized carbons (Fsp3) is 0.172. The third kappa shape index (κ3) is 4.78. The second-order valence-corrected chi connectivity index (χ2v) is 8.97. The third-order valence-electron chi connectivity index (χ3n) is 6.33. The van der Waals surface area contributed by atoms with Gasteiger partial charge in [0.25, 0.3) is 0 Å². The van der Waals surface area contributed by atoms with Crippen LogP contribution in [0.3, 0.4) is 0 Å². The van der Waals surface area contributed by atoms with E-state index in [1.165, 1.54) is 5.56 Å². The highest BCUT2D eigenvalue weighted by Crippen LogP contribution is 2.33. The second kappa shape index (κ2) is 9.90. The van der Waals surface area contributed by atoms with Crippen LogP contribution in [0.4, 0.5) is 5.69 Å². The molecule has 5 nitrogen and oxygen atoms in total. The maximum Gasteiger partial charge on any atom is 0.199 e. The van der Waals surface area contributed by atoms with Crippen LogP contribution in [0, 0.1) is 0 Å². The van der Waals surface area contributed by atoms with Gasteiger partial charge in [-0.2, -0.15) is 0 Å². The number of nitrogens with one attached hydrogen (secondary N) is 1. The largest absolute Gasteiger partial charge is 0.494 e. The van der Waals surface area contributed by atoms with E-state index in [0.717, 1.165) is 52.7 Å². The lowest BCUT2D eigenvalue weighted by Crippen LogP contribution is -2.21. The molecule has 0 unspecified atom stereocenters. The highest BCUT2D eigenvalue weighted by molar-refractivity contribution is 6.31. The van der Waals surface area contributed by atoms with Crippen molar-refractivity contribution < 1.29 is 5.11 Å². The van der Waals surface area contributed by atoms with Crippen molar-refractivity contribution in [3.63, 3.8) is 0 Å². The summed E-state index contributed by atoms with van der Waals surface area (Å²) in [5.41, 5.74) is 5.95. The molecule has 2 heterocycles. The number of pyridine rings is 1. The molecule has 0 aliphatic rings. The fourth-order valence-corrected chi connectivity index (χ4v) is 4.57. The second-order valence-electron chi connectivity index (χ2n) is 8.54. The lowest BCUT2D eigenvalue weighted by atomic mass is 9.99. The van der Waals surface area contributed by atoms with Crippen molar-refractivity contribution in [3.05, 3.63) is 101 Å². The first kappa shape index (κ1) is 23.1. The minimum atomic E-state index is 0.0606. The lowest BCUT2D eigenvalue weighted by Gasteiger charge is -2.17. The van der Waals surface area contributed by atoms with Gasteiger partial charge in [0.05, 0.1) is 28.0 Å². The van der Waals surface area contributed by atoms with Crippen molar-refractivity contribution in [2.75, 3.05) is 13.1 Å². The van der Waals surface area contributed by atoms with Crippen LogP contribution in [0.2, 0.25) is 5.02 Å². The molecule has 0 atom stereocenters. The summed E-state index contributed by atoms with van der Waals surface area (Å²) >= 11 is 6.20. The van der Waals surface area contributed by atoms with Crippen molar-refractivity contribution in [1.82, 2.24) is 14.9 Å². The Morgan fingerprint density at radius 1 is 1.00 bits per heavy atom. The van der Waals surface area contributed by atoms with Gasteiger partial charge < -0.3 is 10.1 Å². The van der Waals surface area contributed by atoms with Crippen LogP contribution in [0.15, 0.2) is 84.0 Å². The van der Waals surface area contributed by atoms with Crippen molar-refractivity contribution in [2.45, 2.75) is 20.4 Å². The van der Waals surface area contributed by atoms with E-state index in [9.17, 15) is 5.11 Å². The van der Waals surface area contributed by atoms with Crippen LogP contribution >= 0.6 is 11.6 Å². The number of benzene rings is 3. The Morgan fingerprint density at radius 3 is 2.57 bits per heavy atom. The third-order valence-corrected chi connectivity index (χ3v) is 6.57. The minimum absolute atomic E-state index is 0.0606. The van der Waals surface area contributed by atoms with Gasteiger partial charge in [-0.05, 0) is 61.1 Å². The number of hydrogen-bond acceptors (Lipinski definition) is 4. The summed E-state index contributed by atoms with van der Waals surface area (Å²) < 4.78 is 0. The number of nitrogens with zero attached hydrogens (tertiary/aromatic N) is 3. The summed E-state index contributed by atoms with van der Waals surface area (Å²) in [6.07, 6.45) is 1.78. The average Bonchev–Trinajstić information content (AvgIpc) is 3.20. The van der Waals surface area contributed by atoms with Crippen molar-refractivity contribution >= 4 is 44.8 Å². The van der Waals surface area contributed by atoms with E-state index in [4.69, 9.17) is 16.6 Å². The molecular formula is C29H27ClN4O. The molecule has 176 valence electrons. The Kier molecular flexibility index (Phi) is 6.53. The summed E-state index contributed by atoms with van der Waals surface area (Å²) in [4.78, 5) is 14.9. The van der Waals surface area contributed by atoms with E-state index in [0.29, 0.717) is 16.3 Å². The summed E-state index contributed by atoms with van der Waals surface area (Å²) in [7, 11) is 0. The number of aromatic amines is 1. The van der Waals surface area contributed by atoms with Crippen LogP contribution in [0.5, 0.6) is 5.88 Å². The van der Waals surface area contributed by atoms with E-state index in [2.05, 4.69) is 46.9 Å². The molecule has 2 aromatic heterocycles. The van der Waals surface area contributed by atoms with E-state index < -0.39 is 0 Å². The predicted octanol–water partition coefficient (Wildman–Crippen LogP) is 7.09. The molecule has 5 aromatic rings. The van der Waals surface area contributed by atoms with Crippen molar-refractivity contribution in [3.8, 4) is 5.88 Å². The first-order chi connectivity index (χ1) is 17.1. The number of hydrogen-bond donors (Lipinski definition) is 2. The first-order valence-electron chi connectivity index (χ1n) is 11.8. The number of halogens is 1. The highest BCUT2D eigenvalue weighted by atomic mass is 35.5. The molecule has 35 heavy (non-hydrogen) atoms. The Hall–Kier alpha value is -3.67. The normalized spacial score (nSPS) is 12.2. The van der Waals surface area contributed by atoms with Gasteiger partial charge in [-0.25, -0.2) is 4.99 Å². The predicted molar refractivity (Wildman–Crippen MR) is 145 cm³/mol. The average molecular weight is 483 g/mol. The van der Waals surface area contributed by atoms with Gasteiger partial charge in [0, 0.05) is 34.1 Å². The monoisotopic (exact) mass is 482 g/mol. The van der Waals surface area contributed by atoms with Gasteiger partial charge in [0.2, 0.25) is 0 Å².